The van der Waals surface area contributed by atoms with Crippen LogP contribution in [-0.4, -0.2) is 6.04 Å². The lowest BCUT2D eigenvalue weighted by molar-refractivity contribution is 0.480. The predicted molar refractivity (Wildman–Crippen MR) is 86.3 cm³/mol. The number of rotatable bonds is 6. The summed E-state index contributed by atoms with van der Waals surface area (Å²) in [6, 6.07) is 7.02. The summed E-state index contributed by atoms with van der Waals surface area (Å²) < 4.78 is 6.23. The van der Waals surface area contributed by atoms with Gasteiger partial charge in [0.2, 0.25) is 0 Å². The van der Waals surface area contributed by atoms with E-state index in [2.05, 4.69) is 58.1 Å². The van der Waals surface area contributed by atoms with Crippen LogP contribution in [0, 0.1) is 0 Å². The minimum absolute atomic E-state index is 0.474. The van der Waals surface area contributed by atoms with Gasteiger partial charge in [0.05, 0.1) is 6.54 Å². The molecular formula is C18H27NO. The van der Waals surface area contributed by atoms with Gasteiger partial charge in [-0.2, -0.15) is 0 Å². The minimum Gasteiger partial charge on any atom is -0.459 e. The van der Waals surface area contributed by atoms with Gasteiger partial charge in [-0.1, -0.05) is 59.2 Å². The molecule has 2 nitrogen and oxygen atoms in total. The predicted octanol–water partition coefficient (Wildman–Crippen LogP) is 5.01. The van der Waals surface area contributed by atoms with Crippen LogP contribution in [0.25, 0.3) is 11.0 Å². The molecule has 0 aliphatic carbocycles. The lowest BCUT2D eigenvalue weighted by Crippen LogP contribution is -2.22. The Morgan fingerprint density at radius 2 is 1.90 bits per heavy atom. The number of fused-ring (bicyclic) bond motifs is 1. The highest BCUT2D eigenvalue weighted by Crippen LogP contribution is 2.32. The second kappa shape index (κ2) is 6.45. The molecule has 110 valence electrons. The van der Waals surface area contributed by atoms with Gasteiger partial charge in [-0.25, -0.2) is 0 Å². The van der Waals surface area contributed by atoms with Crippen LogP contribution in [-0.2, 0) is 13.0 Å². The molecule has 0 spiro atoms. The summed E-state index contributed by atoms with van der Waals surface area (Å²) in [4.78, 5) is 0. The number of aryl methyl sites for hydroxylation is 1. The van der Waals surface area contributed by atoms with Gasteiger partial charge in [0, 0.05) is 17.0 Å². The molecule has 2 rings (SSSR count). The van der Waals surface area contributed by atoms with Crippen molar-refractivity contribution in [2.24, 2.45) is 0 Å². The molecule has 0 saturated carbocycles. The zero-order valence-electron chi connectivity index (χ0n) is 13.4. The van der Waals surface area contributed by atoms with Crippen molar-refractivity contribution in [2.75, 3.05) is 0 Å². The Hall–Kier alpha value is -1.28. The quantitative estimate of drug-likeness (QED) is 0.800. The van der Waals surface area contributed by atoms with Crippen molar-refractivity contribution in [3.05, 3.63) is 35.1 Å². The summed E-state index contributed by atoms with van der Waals surface area (Å²) in [5.41, 5.74) is 3.79. The van der Waals surface area contributed by atoms with Crippen LogP contribution in [0.15, 0.2) is 22.6 Å². The number of nitrogens with one attached hydrogen (secondary N) is 1. The lowest BCUT2D eigenvalue weighted by Gasteiger charge is -2.07. The zero-order chi connectivity index (χ0) is 14.7. The summed E-state index contributed by atoms with van der Waals surface area (Å²) in [5, 5.41) is 4.78. The Morgan fingerprint density at radius 1 is 1.15 bits per heavy atom. The van der Waals surface area contributed by atoms with E-state index >= 15 is 0 Å². The maximum Gasteiger partial charge on any atom is 0.138 e. The van der Waals surface area contributed by atoms with E-state index in [1.807, 2.05) is 0 Å². The molecule has 2 heteroatoms. The molecule has 1 N–H and O–H groups in total. The van der Waals surface area contributed by atoms with E-state index in [4.69, 9.17) is 4.42 Å². The van der Waals surface area contributed by atoms with Crippen LogP contribution in [0.2, 0.25) is 0 Å². The average Bonchev–Trinajstić information content (AvgIpc) is 2.75. The summed E-state index contributed by atoms with van der Waals surface area (Å²) >= 11 is 0. The van der Waals surface area contributed by atoms with E-state index in [-0.39, 0.29) is 0 Å². The Morgan fingerprint density at radius 3 is 2.50 bits per heavy atom. The lowest BCUT2D eigenvalue weighted by atomic mass is 9.98. The van der Waals surface area contributed by atoms with E-state index in [0.717, 1.165) is 30.7 Å². The second-order valence-corrected chi connectivity index (χ2v) is 6.17. The number of benzene rings is 1. The van der Waals surface area contributed by atoms with Crippen molar-refractivity contribution < 1.29 is 4.42 Å². The molecule has 0 atom stereocenters. The van der Waals surface area contributed by atoms with Crippen molar-refractivity contribution in [2.45, 2.75) is 66.0 Å². The number of para-hydroxylation sites is 1. The molecule has 0 unspecified atom stereocenters. The van der Waals surface area contributed by atoms with Gasteiger partial charge in [-0.3, -0.25) is 0 Å². The molecule has 0 amide bonds. The molecule has 1 aromatic carbocycles. The van der Waals surface area contributed by atoms with Crippen molar-refractivity contribution in [3.63, 3.8) is 0 Å². The van der Waals surface area contributed by atoms with Crippen molar-refractivity contribution in [1.82, 2.24) is 5.32 Å². The van der Waals surface area contributed by atoms with Gasteiger partial charge >= 0.3 is 0 Å². The molecule has 0 fully saturated rings. The van der Waals surface area contributed by atoms with Gasteiger partial charge in [0.25, 0.3) is 0 Å². The zero-order valence-corrected chi connectivity index (χ0v) is 13.4. The first-order chi connectivity index (χ1) is 9.54. The second-order valence-electron chi connectivity index (χ2n) is 6.17. The van der Waals surface area contributed by atoms with E-state index in [1.165, 1.54) is 16.5 Å². The first kappa shape index (κ1) is 15.1. The minimum atomic E-state index is 0.474. The molecule has 0 saturated heterocycles. The smallest absolute Gasteiger partial charge is 0.138 e. The van der Waals surface area contributed by atoms with Crippen LogP contribution in [0.3, 0.4) is 0 Å². The third-order valence-corrected chi connectivity index (χ3v) is 3.73. The van der Waals surface area contributed by atoms with E-state index in [0.29, 0.717) is 12.0 Å². The normalized spacial score (nSPS) is 11.9. The Bertz CT molecular complexity index is 566. The highest BCUT2D eigenvalue weighted by atomic mass is 16.3. The maximum atomic E-state index is 6.23. The van der Waals surface area contributed by atoms with Gasteiger partial charge < -0.3 is 9.73 Å². The van der Waals surface area contributed by atoms with Crippen molar-refractivity contribution in [3.8, 4) is 0 Å². The summed E-state index contributed by atoms with van der Waals surface area (Å²) in [6.07, 6.45) is 2.23. The van der Waals surface area contributed by atoms with Crippen molar-refractivity contribution >= 4 is 11.0 Å². The van der Waals surface area contributed by atoms with Gasteiger partial charge in [0.15, 0.2) is 0 Å². The first-order valence-corrected chi connectivity index (χ1v) is 7.81. The van der Waals surface area contributed by atoms with Crippen LogP contribution in [0.4, 0.5) is 0 Å². The molecule has 0 aliphatic heterocycles. The number of hydrogen-bond acceptors (Lipinski definition) is 2. The van der Waals surface area contributed by atoms with Gasteiger partial charge in [0.1, 0.15) is 11.3 Å². The third kappa shape index (κ3) is 3.06. The van der Waals surface area contributed by atoms with Crippen LogP contribution >= 0.6 is 0 Å². The monoisotopic (exact) mass is 273 g/mol. The largest absolute Gasteiger partial charge is 0.459 e. The average molecular weight is 273 g/mol. The molecule has 0 radical (unpaired) electrons. The fourth-order valence-electron chi connectivity index (χ4n) is 2.66. The summed E-state index contributed by atoms with van der Waals surface area (Å²) in [7, 11) is 0. The van der Waals surface area contributed by atoms with Crippen LogP contribution in [0.5, 0.6) is 0 Å². The SMILES string of the molecule is CCCc1c(CNC(C)C)oc2c(C(C)C)cccc12. The maximum absolute atomic E-state index is 6.23. The number of furan rings is 1. The van der Waals surface area contributed by atoms with Gasteiger partial charge in [-0.15, -0.1) is 0 Å². The summed E-state index contributed by atoms with van der Waals surface area (Å²) in [6.45, 7) is 11.8. The van der Waals surface area contributed by atoms with E-state index in [1.54, 1.807) is 0 Å². The van der Waals surface area contributed by atoms with E-state index < -0.39 is 0 Å². The summed E-state index contributed by atoms with van der Waals surface area (Å²) in [5.74, 6) is 1.61. The Labute approximate surface area is 122 Å². The fourth-order valence-corrected chi connectivity index (χ4v) is 2.66. The van der Waals surface area contributed by atoms with Crippen molar-refractivity contribution in [1.29, 1.82) is 0 Å². The molecule has 2 aromatic rings. The third-order valence-electron chi connectivity index (χ3n) is 3.73. The molecule has 0 bridgehead atoms. The van der Waals surface area contributed by atoms with E-state index in [9.17, 15) is 0 Å². The van der Waals surface area contributed by atoms with Crippen LogP contribution < -0.4 is 5.32 Å². The topological polar surface area (TPSA) is 25.2 Å². The fraction of sp³-hybridized carbons (Fsp3) is 0.556. The number of hydrogen-bond donors (Lipinski definition) is 1. The molecule has 1 heterocycles. The Kier molecular flexibility index (Phi) is 4.87. The molecule has 0 aliphatic rings. The first-order valence-electron chi connectivity index (χ1n) is 7.81. The van der Waals surface area contributed by atoms with Crippen LogP contribution in [0.1, 0.15) is 63.8 Å². The molecule has 1 aromatic heterocycles. The molecule has 20 heavy (non-hydrogen) atoms. The van der Waals surface area contributed by atoms with Gasteiger partial charge in [-0.05, 0) is 17.9 Å². The highest BCUT2D eigenvalue weighted by Gasteiger charge is 2.17. The Balaban J connectivity index is 2.50. The standard InChI is InChI=1S/C18H27NO/c1-6-8-15-16-10-7-9-14(12(2)3)18(16)20-17(15)11-19-13(4)5/h7,9-10,12-13,19H,6,8,11H2,1-5H3. The highest BCUT2D eigenvalue weighted by molar-refractivity contribution is 5.85. The molecular weight excluding hydrogens is 246 g/mol.